The average molecular weight is 151 g/mol. The van der Waals surface area contributed by atoms with Crippen LogP contribution in [0, 0.1) is 0 Å². The minimum atomic E-state index is -1.07. The first kappa shape index (κ1) is 6.09. The zero-order chi connectivity index (χ0) is 7.84. The molecule has 0 saturated heterocycles. The van der Waals surface area contributed by atoms with Crippen molar-refractivity contribution in [2.24, 2.45) is 4.99 Å². The van der Waals surface area contributed by atoms with Gasteiger partial charge in [-0.25, -0.2) is 4.79 Å². The molecule has 1 aliphatic heterocycles. The molecule has 0 aliphatic carbocycles. The summed E-state index contributed by atoms with van der Waals surface area (Å²) >= 11 is 0. The van der Waals surface area contributed by atoms with Gasteiger partial charge in [0, 0.05) is 11.8 Å². The number of hydrogen-bond acceptors (Lipinski definition) is 3. The molecule has 2 heterocycles. The van der Waals surface area contributed by atoms with Gasteiger partial charge in [-0.05, 0) is 0 Å². The molecule has 2 rings (SSSR count). The average Bonchev–Trinajstić information content (AvgIpc) is 2.41. The Morgan fingerprint density at radius 2 is 2.55 bits per heavy atom. The highest BCUT2D eigenvalue weighted by molar-refractivity contribution is 5.86. The lowest BCUT2D eigenvalue weighted by Gasteiger charge is -1.92. The summed E-state index contributed by atoms with van der Waals surface area (Å²) in [5, 5.41) is 12.2. The van der Waals surface area contributed by atoms with Crippen LogP contribution in [0.4, 0.5) is 4.79 Å². The standard InChI is InChI=1S/C6H5N3O2/c10-6(11)9-5-3-7-1-4(5)2-8-9/h2-3H,1H2,(H,10,11). The Kier molecular flexibility index (Phi) is 1.06. The van der Waals surface area contributed by atoms with E-state index in [2.05, 4.69) is 10.1 Å². The Hall–Kier alpha value is -1.65. The zero-order valence-corrected chi connectivity index (χ0v) is 5.56. The Balaban J connectivity index is 2.58. The van der Waals surface area contributed by atoms with Gasteiger partial charge in [0.15, 0.2) is 0 Å². The number of aromatic nitrogens is 2. The number of carbonyl (C=O) groups is 1. The van der Waals surface area contributed by atoms with Crippen molar-refractivity contribution in [2.75, 3.05) is 0 Å². The second-order valence-electron chi connectivity index (χ2n) is 2.22. The molecule has 0 amide bonds. The van der Waals surface area contributed by atoms with Crippen LogP contribution in [0.5, 0.6) is 0 Å². The van der Waals surface area contributed by atoms with Crippen molar-refractivity contribution in [3.05, 3.63) is 17.5 Å². The summed E-state index contributed by atoms with van der Waals surface area (Å²) in [6.07, 6.45) is 1.98. The highest BCUT2D eigenvalue weighted by Crippen LogP contribution is 2.12. The molecular formula is C6H5N3O2. The van der Waals surface area contributed by atoms with Gasteiger partial charge in [-0.1, -0.05) is 0 Å². The molecule has 5 heteroatoms. The van der Waals surface area contributed by atoms with E-state index in [0.29, 0.717) is 12.2 Å². The summed E-state index contributed by atoms with van der Waals surface area (Å²) in [6.45, 7) is 0.544. The first-order valence-electron chi connectivity index (χ1n) is 3.09. The van der Waals surface area contributed by atoms with Gasteiger partial charge >= 0.3 is 6.09 Å². The lowest BCUT2D eigenvalue weighted by molar-refractivity contribution is 0.192. The summed E-state index contributed by atoms with van der Waals surface area (Å²) in [4.78, 5) is 14.4. The maximum Gasteiger partial charge on any atom is 0.432 e. The van der Waals surface area contributed by atoms with E-state index in [9.17, 15) is 4.79 Å². The second-order valence-corrected chi connectivity index (χ2v) is 2.22. The summed E-state index contributed by atoms with van der Waals surface area (Å²) in [6, 6.07) is 0. The lowest BCUT2D eigenvalue weighted by Crippen LogP contribution is -2.12. The number of rotatable bonds is 0. The highest BCUT2D eigenvalue weighted by Gasteiger charge is 2.16. The predicted octanol–water partition coefficient (Wildman–Crippen LogP) is 0.342. The van der Waals surface area contributed by atoms with Crippen LogP contribution in [0.3, 0.4) is 0 Å². The number of carboxylic acid groups (broad SMARTS) is 1. The molecule has 11 heavy (non-hydrogen) atoms. The van der Waals surface area contributed by atoms with Gasteiger partial charge in [0.25, 0.3) is 0 Å². The largest absolute Gasteiger partial charge is 0.463 e. The topological polar surface area (TPSA) is 67.5 Å². The van der Waals surface area contributed by atoms with Crippen molar-refractivity contribution in [1.29, 1.82) is 0 Å². The number of fused-ring (bicyclic) bond motifs is 1. The van der Waals surface area contributed by atoms with Crippen molar-refractivity contribution in [2.45, 2.75) is 6.54 Å². The van der Waals surface area contributed by atoms with Gasteiger partial charge in [0.1, 0.15) is 0 Å². The number of hydrogen-bond donors (Lipinski definition) is 1. The van der Waals surface area contributed by atoms with Gasteiger partial charge in [-0.2, -0.15) is 9.78 Å². The summed E-state index contributed by atoms with van der Waals surface area (Å²) < 4.78 is 0.922. The van der Waals surface area contributed by atoms with Gasteiger partial charge < -0.3 is 5.11 Å². The molecule has 56 valence electrons. The van der Waals surface area contributed by atoms with Gasteiger partial charge in [0.2, 0.25) is 0 Å². The van der Waals surface area contributed by atoms with Crippen LogP contribution >= 0.6 is 0 Å². The van der Waals surface area contributed by atoms with Crippen molar-refractivity contribution in [3.63, 3.8) is 0 Å². The van der Waals surface area contributed by atoms with Crippen LogP contribution in [-0.2, 0) is 6.54 Å². The SMILES string of the molecule is O=C(O)n1ncc2c1C=NC2. The molecule has 1 aliphatic rings. The van der Waals surface area contributed by atoms with Crippen LogP contribution in [-0.4, -0.2) is 27.2 Å². The third kappa shape index (κ3) is 0.739. The first-order valence-corrected chi connectivity index (χ1v) is 3.09. The molecule has 0 bridgehead atoms. The van der Waals surface area contributed by atoms with E-state index in [1.54, 1.807) is 0 Å². The zero-order valence-electron chi connectivity index (χ0n) is 5.56. The number of aliphatic imine (C=N–C) groups is 1. The molecular weight excluding hydrogens is 146 g/mol. The summed E-state index contributed by atoms with van der Waals surface area (Å²) in [5.74, 6) is 0. The molecule has 0 unspecified atom stereocenters. The molecule has 0 spiro atoms. The van der Waals surface area contributed by atoms with E-state index in [1.807, 2.05) is 0 Å². The van der Waals surface area contributed by atoms with Crippen LogP contribution in [0.1, 0.15) is 11.3 Å². The molecule has 0 radical (unpaired) electrons. The third-order valence-electron chi connectivity index (χ3n) is 1.54. The van der Waals surface area contributed by atoms with Crippen molar-refractivity contribution in [1.82, 2.24) is 9.78 Å². The van der Waals surface area contributed by atoms with Crippen molar-refractivity contribution >= 4 is 12.3 Å². The van der Waals surface area contributed by atoms with Crippen molar-refractivity contribution < 1.29 is 9.90 Å². The van der Waals surface area contributed by atoms with Gasteiger partial charge in [0.05, 0.1) is 18.4 Å². The minimum absolute atomic E-state index is 0.544. The summed E-state index contributed by atoms with van der Waals surface area (Å²) in [7, 11) is 0. The van der Waals surface area contributed by atoms with Crippen LogP contribution in [0.25, 0.3) is 0 Å². The van der Waals surface area contributed by atoms with Gasteiger partial charge in [-0.15, -0.1) is 0 Å². The Bertz CT molecular complexity index is 340. The van der Waals surface area contributed by atoms with E-state index in [1.165, 1.54) is 12.4 Å². The van der Waals surface area contributed by atoms with E-state index < -0.39 is 6.09 Å². The van der Waals surface area contributed by atoms with E-state index in [4.69, 9.17) is 5.11 Å². The Morgan fingerprint density at radius 3 is 3.27 bits per heavy atom. The maximum atomic E-state index is 10.5. The van der Waals surface area contributed by atoms with E-state index in [-0.39, 0.29) is 0 Å². The van der Waals surface area contributed by atoms with E-state index in [0.717, 1.165) is 10.2 Å². The number of nitrogens with zero attached hydrogens (tertiary/aromatic N) is 3. The minimum Gasteiger partial charge on any atom is -0.463 e. The molecule has 0 fully saturated rings. The molecule has 1 aromatic rings. The monoisotopic (exact) mass is 151 g/mol. The van der Waals surface area contributed by atoms with Crippen LogP contribution in [0.2, 0.25) is 0 Å². The quantitative estimate of drug-likeness (QED) is 0.581. The maximum absolute atomic E-state index is 10.5. The fourth-order valence-corrected chi connectivity index (χ4v) is 1.03. The molecule has 0 saturated carbocycles. The smallest absolute Gasteiger partial charge is 0.432 e. The molecule has 0 aromatic carbocycles. The summed E-state index contributed by atoms with van der Waals surface area (Å²) in [5.41, 5.74) is 1.45. The molecule has 0 atom stereocenters. The van der Waals surface area contributed by atoms with Gasteiger partial charge in [-0.3, -0.25) is 4.99 Å². The molecule has 1 N–H and O–H groups in total. The lowest BCUT2D eigenvalue weighted by atomic mass is 10.3. The highest BCUT2D eigenvalue weighted by atomic mass is 16.4. The Morgan fingerprint density at radius 1 is 1.73 bits per heavy atom. The molecule has 1 aromatic heterocycles. The molecule has 5 nitrogen and oxygen atoms in total. The first-order chi connectivity index (χ1) is 5.29. The van der Waals surface area contributed by atoms with Crippen molar-refractivity contribution in [3.8, 4) is 0 Å². The second kappa shape index (κ2) is 1.91. The van der Waals surface area contributed by atoms with Crippen LogP contribution in [0.15, 0.2) is 11.2 Å². The normalized spacial score (nSPS) is 13.5. The fourth-order valence-electron chi connectivity index (χ4n) is 1.03. The third-order valence-corrected chi connectivity index (χ3v) is 1.54. The van der Waals surface area contributed by atoms with Crippen LogP contribution < -0.4 is 0 Å². The Labute approximate surface area is 62.0 Å². The van der Waals surface area contributed by atoms with E-state index >= 15 is 0 Å². The fraction of sp³-hybridized carbons (Fsp3) is 0.167. The predicted molar refractivity (Wildman–Crippen MR) is 36.9 cm³/mol.